The van der Waals surface area contributed by atoms with Crippen molar-refractivity contribution in [3.8, 4) is 11.5 Å². The summed E-state index contributed by atoms with van der Waals surface area (Å²) in [5.74, 6) is 1.26. The Balaban J connectivity index is 2.14. The summed E-state index contributed by atoms with van der Waals surface area (Å²) in [5, 5.41) is 9.57. The molecule has 1 aliphatic carbocycles. The van der Waals surface area contributed by atoms with Crippen molar-refractivity contribution < 1.29 is 9.84 Å². The van der Waals surface area contributed by atoms with Gasteiger partial charge in [0.15, 0.2) is 0 Å². The van der Waals surface area contributed by atoms with E-state index >= 15 is 0 Å². The number of aryl methyl sites for hydroxylation is 1. The number of phenols is 1. The molecular formula is C21H24O2. The van der Waals surface area contributed by atoms with Gasteiger partial charge in [0.25, 0.3) is 0 Å². The molecule has 0 spiro atoms. The number of hydrogen-bond acceptors (Lipinski definition) is 2. The van der Waals surface area contributed by atoms with E-state index in [2.05, 4.69) is 25.1 Å². The van der Waals surface area contributed by atoms with Crippen LogP contribution in [0.1, 0.15) is 49.3 Å². The number of fused-ring (bicyclic) bond motifs is 1. The van der Waals surface area contributed by atoms with Gasteiger partial charge in [-0.15, -0.1) is 0 Å². The van der Waals surface area contributed by atoms with Gasteiger partial charge in [-0.05, 0) is 77.8 Å². The third-order valence-corrected chi connectivity index (χ3v) is 4.59. The summed E-state index contributed by atoms with van der Waals surface area (Å²) in [4.78, 5) is 0. The normalized spacial score (nSPS) is 14.3. The molecule has 3 rings (SSSR count). The first-order chi connectivity index (χ1) is 11.2. The van der Waals surface area contributed by atoms with Crippen molar-refractivity contribution in [2.45, 2.75) is 39.0 Å². The van der Waals surface area contributed by atoms with E-state index in [-0.39, 0.29) is 0 Å². The maximum absolute atomic E-state index is 9.57. The zero-order chi connectivity index (χ0) is 16.2. The van der Waals surface area contributed by atoms with E-state index in [1.165, 1.54) is 27.8 Å². The van der Waals surface area contributed by atoms with Crippen LogP contribution in [0.3, 0.4) is 0 Å². The molecule has 0 atom stereocenters. The maximum Gasteiger partial charge on any atom is 0.119 e. The minimum Gasteiger partial charge on any atom is -0.508 e. The van der Waals surface area contributed by atoms with Crippen LogP contribution >= 0.6 is 0 Å². The molecule has 0 saturated carbocycles. The van der Waals surface area contributed by atoms with Gasteiger partial charge in [-0.25, -0.2) is 0 Å². The fourth-order valence-electron chi connectivity index (χ4n) is 3.48. The average molecular weight is 308 g/mol. The molecule has 0 bridgehead atoms. The molecule has 0 unspecified atom stereocenters. The first kappa shape index (κ1) is 15.7. The Morgan fingerprint density at radius 1 is 1.04 bits per heavy atom. The highest BCUT2D eigenvalue weighted by atomic mass is 16.5. The van der Waals surface area contributed by atoms with E-state index in [0.29, 0.717) is 5.75 Å². The average Bonchev–Trinajstić information content (AvgIpc) is 2.75. The summed E-state index contributed by atoms with van der Waals surface area (Å²) in [7, 11) is 1.73. The Bertz CT molecular complexity index is 711. The number of benzene rings is 2. The van der Waals surface area contributed by atoms with Gasteiger partial charge in [0.2, 0.25) is 0 Å². The number of hydrogen-bond donors (Lipinski definition) is 1. The van der Waals surface area contributed by atoms with Crippen LogP contribution in [0.15, 0.2) is 42.5 Å². The molecule has 1 aliphatic rings. The van der Waals surface area contributed by atoms with E-state index in [1.807, 2.05) is 12.1 Å². The highest BCUT2D eigenvalue weighted by Gasteiger charge is 2.18. The molecular weight excluding hydrogens is 284 g/mol. The molecule has 0 saturated heterocycles. The summed E-state index contributed by atoms with van der Waals surface area (Å²) in [6.45, 7) is 2.23. The SMILES string of the molecule is CCCC1=C(c2ccc(O)cc2)CCCc2cc(OC)ccc21. The van der Waals surface area contributed by atoms with Gasteiger partial charge in [0.05, 0.1) is 7.11 Å². The predicted molar refractivity (Wildman–Crippen MR) is 95.8 cm³/mol. The molecule has 0 radical (unpaired) electrons. The van der Waals surface area contributed by atoms with E-state index in [1.54, 1.807) is 19.2 Å². The molecule has 120 valence electrons. The first-order valence-corrected chi connectivity index (χ1v) is 8.41. The lowest BCUT2D eigenvalue weighted by molar-refractivity contribution is 0.414. The van der Waals surface area contributed by atoms with Gasteiger partial charge in [0, 0.05) is 0 Å². The summed E-state index contributed by atoms with van der Waals surface area (Å²) in [5.41, 5.74) is 6.87. The molecule has 23 heavy (non-hydrogen) atoms. The van der Waals surface area contributed by atoms with Gasteiger partial charge in [-0.3, -0.25) is 0 Å². The Morgan fingerprint density at radius 3 is 2.52 bits per heavy atom. The van der Waals surface area contributed by atoms with Gasteiger partial charge in [-0.2, -0.15) is 0 Å². The number of phenolic OH excluding ortho intramolecular Hbond substituents is 1. The second-order valence-corrected chi connectivity index (χ2v) is 6.13. The van der Waals surface area contributed by atoms with Crippen molar-refractivity contribution in [1.82, 2.24) is 0 Å². The Labute approximate surface area is 138 Å². The van der Waals surface area contributed by atoms with Crippen LogP contribution < -0.4 is 4.74 Å². The van der Waals surface area contributed by atoms with Crippen molar-refractivity contribution >= 4 is 11.1 Å². The van der Waals surface area contributed by atoms with Crippen LogP contribution in [0.2, 0.25) is 0 Å². The Morgan fingerprint density at radius 2 is 1.83 bits per heavy atom. The predicted octanol–water partition coefficient (Wildman–Crippen LogP) is 5.45. The van der Waals surface area contributed by atoms with Crippen molar-refractivity contribution in [1.29, 1.82) is 0 Å². The quantitative estimate of drug-likeness (QED) is 0.814. The highest BCUT2D eigenvalue weighted by Crippen LogP contribution is 2.39. The lowest BCUT2D eigenvalue weighted by Crippen LogP contribution is -1.95. The molecule has 0 heterocycles. The summed E-state index contributed by atoms with van der Waals surface area (Å²) in [6, 6.07) is 14.1. The second kappa shape index (κ2) is 6.91. The zero-order valence-corrected chi connectivity index (χ0v) is 13.9. The molecule has 0 fully saturated rings. The van der Waals surface area contributed by atoms with E-state index in [0.717, 1.165) is 37.9 Å². The lowest BCUT2D eigenvalue weighted by Gasteiger charge is -2.16. The minimum atomic E-state index is 0.324. The molecule has 1 N–H and O–H groups in total. The van der Waals surface area contributed by atoms with Crippen molar-refractivity contribution in [3.63, 3.8) is 0 Å². The molecule has 0 aromatic heterocycles. The van der Waals surface area contributed by atoms with Crippen LogP contribution in [-0.2, 0) is 6.42 Å². The van der Waals surface area contributed by atoms with Crippen molar-refractivity contribution in [3.05, 3.63) is 59.2 Å². The summed E-state index contributed by atoms with van der Waals surface area (Å²) in [6.07, 6.45) is 5.51. The number of rotatable bonds is 4. The number of methoxy groups -OCH3 is 1. The van der Waals surface area contributed by atoms with E-state index < -0.39 is 0 Å². The number of ether oxygens (including phenoxy) is 1. The molecule has 2 aromatic carbocycles. The summed E-state index contributed by atoms with van der Waals surface area (Å²) < 4.78 is 5.40. The second-order valence-electron chi connectivity index (χ2n) is 6.13. The Hall–Kier alpha value is -2.22. The van der Waals surface area contributed by atoms with Gasteiger partial charge < -0.3 is 9.84 Å². The van der Waals surface area contributed by atoms with Gasteiger partial charge in [-0.1, -0.05) is 31.5 Å². The van der Waals surface area contributed by atoms with Gasteiger partial charge >= 0.3 is 0 Å². The highest BCUT2D eigenvalue weighted by molar-refractivity contribution is 5.92. The summed E-state index contributed by atoms with van der Waals surface area (Å²) >= 11 is 0. The van der Waals surface area contributed by atoms with Crippen LogP contribution in [0, 0.1) is 0 Å². The smallest absolute Gasteiger partial charge is 0.119 e. The van der Waals surface area contributed by atoms with Crippen molar-refractivity contribution in [2.24, 2.45) is 0 Å². The molecule has 0 amide bonds. The third kappa shape index (κ3) is 3.26. The molecule has 2 nitrogen and oxygen atoms in total. The van der Waals surface area contributed by atoms with E-state index in [4.69, 9.17) is 4.74 Å². The monoisotopic (exact) mass is 308 g/mol. The fourth-order valence-corrected chi connectivity index (χ4v) is 3.48. The zero-order valence-electron chi connectivity index (χ0n) is 13.9. The van der Waals surface area contributed by atoms with Crippen LogP contribution in [0.4, 0.5) is 0 Å². The lowest BCUT2D eigenvalue weighted by atomic mass is 9.90. The fraction of sp³-hybridized carbons (Fsp3) is 0.333. The molecule has 0 aliphatic heterocycles. The van der Waals surface area contributed by atoms with E-state index in [9.17, 15) is 5.11 Å². The third-order valence-electron chi connectivity index (χ3n) is 4.59. The molecule has 2 heteroatoms. The largest absolute Gasteiger partial charge is 0.508 e. The van der Waals surface area contributed by atoms with Gasteiger partial charge in [0.1, 0.15) is 11.5 Å². The van der Waals surface area contributed by atoms with Crippen LogP contribution in [0.5, 0.6) is 11.5 Å². The number of allylic oxidation sites excluding steroid dienone is 2. The van der Waals surface area contributed by atoms with Crippen LogP contribution in [-0.4, -0.2) is 12.2 Å². The Kier molecular flexibility index (Phi) is 4.71. The molecule has 2 aromatic rings. The standard InChI is InChI=1S/C21H24O2/c1-3-5-21-19(15-8-10-17(22)11-9-15)7-4-6-16-14-18(23-2)12-13-20(16)21/h8-14,22H,3-7H2,1-2H3. The van der Waals surface area contributed by atoms with Crippen LogP contribution in [0.25, 0.3) is 11.1 Å². The van der Waals surface area contributed by atoms with Crippen molar-refractivity contribution in [2.75, 3.05) is 7.11 Å². The topological polar surface area (TPSA) is 29.5 Å². The number of aromatic hydroxyl groups is 1. The minimum absolute atomic E-state index is 0.324. The maximum atomic E-state index is 9.57. The first-order valence-electron chi connectivity index (χ1n) is 8.41.